The first kappa shape index (κ1) is 16.5. The second-order valence-corrected chi connectivity index (χ2v) is 4.21. The van der Waals surface area contributed by atoms with E-state index < -0.39 is 13.0 Å². The summed E-state index contributed by atoms with van der Waals surface area (Å²) in [6.45, 7) is 2.93. The van der Waals surface area contributed by atoms with Gasteiger partial charge >= 0.3 is 0 Å². The van der Waals surface area contributed by atoms with Gasteiger partial charge in [0.05, 0.1) is 14.2 Å². The van der Waals surface area contributed by atoms with Gasteiger partial charge < -0.3 is 19.5 Å². The molecule has 1 aromatic carbocycles. The number of halogens is 2. The van der Waals surface area contributed by atoms with Crippen molar-refractivity contribution in [2.45, 2.75) is 26.3 Å². The minimum atomic E-state index is -2.55. The fourth-order valence-corrected chi connectivity index (χ4v) is 1.73. The van der Waals surface area contributed by atoms with E-state index in [1.54, 1.807) is 12.1 Å². The zero-order valence-corrected chi connectivity index (χ0v) is 12.0. The lowest BCUT2D eigenvalue weighted by Crippen LogP contribution is -2.14. The van der Waals surface area contributed by atoms with Crippen LogP contribution in [0, 0.1) is 0 Å². The normalized spacial score (nSPS) is 10.7. The minimum absolute atomic E-state index is 0.203. The molecule has 0 heterocycles. The molecule has 0 aliphatic rings. The Morgan fingerprint density at radius 3 is 2.20 bits per heavy atom. The molecule has 1 N–H and O–H groups in total. The summed E-state index contributed by atoms with van der Waals surface area (Å²) < 4.78 is 40.0. The van der Waals surface area contributed by atoms with Crippen LogP contribution in [0.25, 0.3) is 0 Å². The van der Waals surface area contributed by atoms with Gasteiger partial charge in [-0.05, 0) is 30.7 Å². The molecule has 6 heteroatoms. The van der Waals surface area contributed by atoms with Gasteiger partial charge in [-0.15, -0.1) is 0 Å². The van der Waals surface area contributed by atoms with Gasteiger partial charge in [0, 0.05) is 6.54 Å². The van der Waals surface area contributed by atoms with E-state index in [1.165, 1.54) is 14.2 Å². The number of benzene rings is 1. The van der Waals surface area contributed by atoms with Crippen molar-refractivity contribution in [1.82, 2.24) is 5.32 Å². The zero-order valence-electron chi connectivity index (χ0n) is 12.0. The third kappa shape index (κ3) is 4.85. The van der Waals surface area contributed by atoms with Crippen LogP contribution in [-0.4, -0.2) is 33.8 Å². The molecule has 0 aromatic heterocycles. The highest BCUT2D eigenvalue weighted by Crippen LogP contribution is 2.38. The quantitative estimate of drug-likeness (QED) is 0.710. The van der Waals surface area contributed by atoms with Gasteiger partial charge in [-0.3, -0.25) is 0 Å². The number of hydrogen-bond donors (Lipinski definition) is 1. The van der Waals surface area contributed by atoms with Crippen LogP contribution in [0.1, 0.15) is 18.9 Å². The summed E-state index contributed by atoms with van der Waals surface area (Å²) in [4.78, 5) is 0. The first-order chi connectivity index (χ1) is 9.62. The predicted octanol–water partition coefficient (Wildman–Crippen LogP) is 2.85. The molecular weight excluding hydrogens is 268 g/mol. The summed E-state index contributed by atoms with van der Waals surface area (Å²) in [5.74, 6) is 0.978. The Hall–Kier alpha value is -1.56. The first-order valence-corrected chi connectivity index (χ1v) is 6.48. The van der Waals surface area contributed by atoms with Crippen LogP contribution in [0.5, 0.6) is 17.2 Å². The second-order valence-electron chi connectivity index (χ2n) is 4.21. The molecule has 0 amide bonds. The highest BCUT2D eigenvalue weighted by atomic mass is 19.3. The van der Waals surface area contributed by atoms with Crippen LogP contribution in [0.4, 0.5) is 8.78 Å². The van der Waals surface area contributed by atoms with E-state index in [9.17, 15) is 8.78 Å². The highest BCUT2D eigenvalue weighted by Gasteiger charge is 2.16. The van der Waals surface area contributed by atoms with Gasteiger partial charge in [0.2, 0.25) is 5.75 Å². The van der Waals surface area contributed by atoms with Crippen molar-refractivity contribution in [2.24, 2.45) is 0 Å². The Labute approximate surface area is 118 Å². The monoisotopic (exact) mass is 289 g/mol. The van der Waals surface area contributed by atoms with Gasteiger partial charge in [0.25, 0.3) is 6.43 Å². The molecule has 4 nitrogen and oxygen atoms in total. The Bertz CT molecular complexity index is 388. The van der Waals surface area contributed by atoms with E-state index in [2.05, 4.69) is 12.2 Å². The number of hydrogen-bond acceptors (Lipinski definition) is 4. The Kier molecular flexibility index (Phi) is 7.08. The van der Waals surface area contributed by atoms with Crippen molar-refractivity contribution >= 4 is 0 Å². The third-order valence-corrected chi connectivity index (χ3v) is 2.63. The molecule has 114 valence electrons. The molecule has 1 aromatic rings. The number of alkyl halides is 2. The van der Waals surface area contributed by atoms with E-state index in [1.807, 2.05) is 0 Å². The molecule has 0 bridgehead atoms. The molecule has 0 saturated carbocycles. The van der Waals surface area contributed by atoms with Crippen LogP contribution >= 0.6 is 0 Å². The summed E-state index contributed by atoms with van der Waals surface area (Å²) in [7, 11) is 2.93. The standard InChI is InChI=1S/C14H21F2NO3/c1-4-5-17-8-10-6-11(18-2)14(12(7-10)19-3)20-9-13(15)16/h6-7,13,17H,4-5,8-9H2,1-3H3. The van der Waals surface area contributed by atoms with E-state index >= 15 is 0 Å². The van der Waals surface area contributed by atoms with Crippen LogP contribution in [0.15, 0.2) is 12.1 Å². The second kappa shape index (κ2) is 8.58. The third-order valence-electron chi connectivity index (χ3n) is 2.63. The molecule has 0 spiro atoms. The van der Waals surface area contributed by atoms with Crippen molar-refractivity contribution in [3.05, 3.63) is 17.7 Å². The topological polar surface area (TPSA) is 39.7 Å². The Balaban J connectivity index is 2.92. The Morgan fingerprint density at radius 2 is 1.75 bits per heavy atom. The molecule has 0 fully saturated rings. The summed E-state index contributed by atoms with van der Waals surface area (Å²) in [5, 5.41) is 3.25. The number of nitrogens with one attached hydrogen (secondary N) is 1. The lowest BCUT2D eigenvalue weighted by molar-refractivity contribution is 0.0789. The molecule has 1 rings (SSSR count). The molecule has 0 unspecified atom stereocenters. The summed E-state index contributed by atoms with van der Waals surface area (Å²) in [5.41, 5.74) is 0.941. The molecule has 0 aliphatic carbocycles. The average molecular weight is 289 g/mol. The van der Waals surface area contributed by atoms with Gasteiger partial charge in [-0.1, -0.05) is 6.92 Å². The van der Waals surface area contributed by atoms with Gasteiger partial charge in [0.1, 0.15) is 6.61 Å². The van der Waals surface area contributed by atoms with Crippen LogP contribution in [-0.2, 0) is 6.54 Å². The largest absolute Gasteiger partial charge is 0.493 e. The fourth-order valence-electron chi connectivity index (χ4n) is 1.73. The van der Waals surface area contributed by atoms with Crippen LogP contribution in [0.2, 0.25) is 0 Å². The summed E-state index contributed by atoms with van der Waals surface area (Å²) in [6, 6.07) is 3.51. The maximum Gasteiger partial charge on any atom is 0.272 e. The SMILES string of the molecule is CCCNCc1cc(OC)c(OCC(F)F)c(OC)c1. The van der Waals surface area contributed by atoms with Crippen molar-refractivity contribution in [3.63, 3.8) is 0 Å². The highest BCUT2D eigenvalue weighted by molar-refractivity contribution is 5.53. The lowest BCUT2D eigenvalue weighted by Gasteiger charge is -2.16. The maximum atomic E-state index is 12.3. The van der Waals surface area contributed by atoms with Crippen molar-refractivity contribution < 1.29 is 23.0 Å². The maximum absolute atomic E-state index is 12.3. The van der Waals surface area contributed by atoms with Crippen molar-refractivity contribution in [1.29, 1.82) is 0 Å². The molecule has 0 radical (unpaired) electrons. The molecule has 20 heavy (non-hydrogen) atoms. The number of rotatable bonds is 9. The zero-order chi connectivity index (χ0) is 15.0. The van der Waals surface area contributed by atoms with Crippen molar-refractivity contribution in [3.8, 4) is 17.2 Å². The van der Waals surface area contributed by atoms with E-state index in [4.69, 9.17) is 14.2 Å². The van der Waals surface area contributed by atoms with Gasteiger partial charge in [-0.2, -0.15) is 0 Å². The van der Waals surface area contributed by atoms with E-state index in [0.717, 1.165) is 18.5 Å². The Morgan fingerprint density at radius 1 is 1.15 bits per heavy atom. The fraction of sp³-hybridized carbons (Fsp3) is 0.571. The van der Waals surface area contributed by atoms with Gasteiger partial charge in [-0.25, -0.2) is 8.78 Å². The average Bonchev–Trinajstić information content (AvgIpc) is 2.44. The van der Waals surface area contributed by atoms with E-state index in [-0.39, 0.29) is 5.75 Å². The predicted molar refractivity (Wildman–Crippen MR) is 73.0 cm³/mol. The molecule has 0 saturated heterocycles. The van der Waals surface area contributed by atoms with E-state index in [0.29, 0.717) is 18.0 Å². The lowest BCUT2D eigenvalue weighted by atomic mass is 10.1. The number of methoxy groups -OCH3 is 2. The van der Waals surface area contributed by atoms with Crippen LogP contribution < -0.4 is 19.5 Å². The number of ether oxygens (including phenoxy) is 3. The molecule has 0 atom stereocenters. The summed E-state index contributed by atoms with van der Waals surface area (Å²) >= 11 is 0. The van der Waals surface area contributed by atoms with Crippen LogP contribution in [0.3, 0.4) is 0 Å². The molecule has 0 aliphatic heterocycles. The first-order valence-electron chi connectivity index (χ1n) is 6.48. The molecular formula is C14H21F2NO3. The van der Waals surface area contributed by atoms with Crippen molar-refractivity contribution in [2.75, 3.05) is 27.4 Å². The minimum Gasteiger partial charge on any atom is -0.493 e. The summed E-state index contributed by atoms with van der Waals surface area (Å²) in [6.07, 6.45) is -1.51. The smallest absolute Gasteiger partial charge is 0.272 e. The van der Waals surface area contributed by atoms with Gasteiger partial charge in [0.15, 0.2) is 11.5 Å².